The van der Waals surface area contributed by atoms with Gasteiger partial charge in [0.1, 0.15) is 0 Å². The van der Waals surface area contributed by atoms with Crippen LogP contribution in [0.4, 0.5) is 0 Å². The van der Waals surface area contributed by atoms with Gasteiger partial charge >= 0.3 is 5.97 Å². The lowest BCUT2D eigenvalue weighted by atomic mass is 10.2. The van der Waals surface area contributed by atoms with Gasteiger partial charge in [-0.3, -0.25) is 4.79 Å². The second-order valence-corrected chi connectivity index (χ2v) is 5.21. The van der Waals surface area contributed by atoms with Crippen LogP contribution in [-0.2, 0) is 9.53 Å². The van der Waals surface area contributed by atoms with Gasteiger partial charge in [-0.2, -0.15) is 0 Å². The number of benzene rings is 1. The van der Waals surface area contributed by atoms with Crippen molar-refractivity contribution in [2.75, 3.05) is 6.61 Å². The molecular formula is C14H16ClNO3. The fourth-order valence-corrected chi connectivity index (χ4v) is 1.94. The molecule has 1 aromatic carbocycles. The van der Waals surface area contributed by atoms with E-state index < -0.39 is 5.97 Å². The lowest BCUT2D eigenvalue weighted by Gasteiger charge is -2.12. The molecule has 0 unspecified atom stereocenters. The van der Waals surface area contributed by atoms with Gasteiger partial charge in [-0.15, -0.1) is 0 Å². The third-order valence-corrected chi connectivity index (χ3v) is 3.38. The van der Waals surface area contributed by atoms with E-state index >= 15 is 0 Å². The van der Waals surface area contributed by atoms with Crippen LogP contribution in [0.15, 0.2) is 24.3 Å². The average Bonchev–Trinajstić information content (AvgIpc) is 3.21. The first-order chi connectivity index (χ1) is 9.06. The minimum Gasteiger partial charge on any atom is -0.452 e. The maximum atomic E-state index is 11.6. The number of halogens is 1. The molecule has 1 fully saturated rings. The number of esters is 1. The number of carbonyl (C=O) groups is 2. The Kier molecular flexibility index (Phi) is 4.43. The lowest BCUT2D eigenvalue weighted by molar-refractivity contribution is -0.124. The number of hydrogen-bond acceptors (Lipinski definition) is 3. The zero-order valence-electron chi connectivity index (χ0n) is 10.7. The Morgan fingerprint density at radius 1 is 1.37 bits per heavy atom. The largest absolute Gasteiger partial charge is 0.452 e. The molecule has 1 aliphatic rings. The van der Waals surface area contributed by atoms with E-state index in [2.05, 4.69) is 5.32 Å². The van der Waals surface area contributed by atoms with Crippen molar-refractivity contribution in [3.05, 3.63) is 34.9 Å². The van der Waals surface area contributed by atoms with Crippen LogP contribution < -0.4 is 5.32 Å². The highest BCUT2D eigenvalue weighted by Crippen LogP contribution is 2.32. The Balaban J connectivity index is 1.76. The molecule has 2 rings (SSSR count). The molecule has 0 bridgehead atoms. The molecule has 19 heavy (non-hydrogen) atoms. The van der Waals surface area contributed by atoms with E-state index in [9.17, 15) is 9.59 Å². The van der Waals surface area contributed by atoms with Gasteiger partial charge in [0.15, 0.2) is 6.61 Å². The molecule has 1 atom stereocenters. The summed E-state index contributed by atoms with van der Waals surface area (Å²) in [6.45, 7) is 1.72. The van der Waals surface area contributed by atoms with Gasteiger partial charge < -0.3 is 10.1 Å². The molecular weight excluding hydrogens is 266 g/mol. The standard InChI is InChI=1S/C14H16ClNO3/c1-9(10-2-3-10)16-13(17)8-19-14(18)11-4-6-12(15)7-5-11/h4-7,9-10H,2-3,8H2,1H3,(H,16,17)/t9-/m1/s1. The van der Waals surface area contributed by atoms with E-state index in [0.29, 0.717) is 16.5 Å². The lowest BCUT2D eigenvalue weighted by Crippen LogP contribution is -2.37. The highest BCUT2D eigenvalue weighted by molar-refractivity contribution is 6.30. The van der Waals surface area contributed by atoms with Gasteiger partial charge in [-0.1, -0.05) is 11.6 Å². The molecule has 1 aliphatic carbocycles. The Morgan fingerprint density at radius 3 is 2.58 bits per heavy atom. The summed E-state index contributed by atoms with van der Waals surface area (Å²) in [6.07, 6.45) is 2.32. The molecule has 0 saturated heterocycles. The molecule has 1 amide bonds. The smallest absolute Gasteiger partial charge is 0.338 e. The monoisotopic (exact) mass is 281 g/mol. The molecule has 1 aromatic rings. The Hall–Kier alpha value is -1.55. The quantitative estimate of drug-likeness (QED) is 0.843. The number of rotatable bonds is 5. The first-order valence-electron chi connectivity index (χ1n) is 6.28. The molecule has 0 radical (unpaired) electrons. The summed E-state index contributed by atoms with van der Waals surface area (Å²) in [4.78, 5) is 23.2. The van der Waals surface area contributed by atoms with Crippen molar-refractivity contribution in [1.29, 1.82) is 0 Å². The minimum atomic E-state index is -0.522. The second-order valence-electron chi connectivity index (χ2n) is 4.78. The molecule has 0 heterocycles. The maximum absolute atomic E-state index is 11.6. The summed E-state index contributed by atoms with van der Waals surface area (Å²) >= 11 is 5.72. The summed E-state index contributed by atoms with van der Waals surface area (Å²) in [6, 6.07) is 6.49. The molecule has 0 aliphatic heterocycles. The molecule has 0 aromatic heterocycles. The molecule has 0 spiro atoms. The predicted molar refractivity (Wildman–Crippen MR) is 72.1 cm³/mol. The van der Waals surface area contributed by atoms with Crippen LogP contribution in [0.25, 0.3) is 0 Å². The van der Waals surface area contributed by atoms with Gasteiger partial charge in [-0.05, 0) is 49.9 Å². The summed E-state index contributed by atoms with van der Waals surface area (Å²) in [5, 5.41) is 3.37. The summed E-state index contributed by atoms with van der Waals surface area (Å²) in [7, 11) is 0. The SMILES string of the molecule is C[C@@H](NC(=O)COC(=O)c1ccc(Cl)cc1)C1CC1. The van der Waals surface area contributed by atoms with Crippen LogP contribution in [0.5, 0.6) is 0 Å². The minimum absolute atomic E-state index is 0.154. The fraction of sp³-hybridized carbons (Fsp3) is 0.429. The second kappa shape index (κ2) is 6.06. The van der Waals surface area contributed by atoms with Crippen LogP contribution in [0.1, 0.15) is 30.1 Å². The van der Waals surface area contributed by atoms with Crippen molar-refractivity contribution >= 4 is 23.5 Å². The Morgan fingerprint density at radius 2 is 2.00 bits per heavy atom. The van der Waals surface area contributed by atoms with Gasteiger partial charge in [-0.25, -0.2) is 4.79 Å². The third kappa shape index (κ3) is 4.24. The molecule has 102 valence electrons. The third-order valence-electron chi connectivity index (χ3n) is 3.13. The van der Waals surface area contributed by atoms with Gasteiger partial charge in [0, 0.05) is 11.1 Å². The van der Waals surface area contributed by atoms with Crippen molar-refractivity contribution in [2.24, 2.45) is 5.92 Å². The molecule has 5 heteroatoms. The van der Waals surface area contributed by atoms with Gasteiger partial charge in [0.05, 0.1) is 5.56 Å². The number of ether oxygens (including phenoxy) is 1. The van der Waals surface area contributed by atoms with Crippen molar-refractivity contribution in [3.8, 4) is 0 Å². The van der Waals surface area contributed by atoms with Gasteiger partial charge in [0.25, 0.3) is 5.91 Å². The van der Waals surface area contributed by atoms with Crippen LogP contribution >= 0.6 is 11.6 Å². The molecule has 4 nitrogen and oxygen atoms in total. The topological polar surface area (TPSA) is 55.4 Å². The zero-order chi connectivity index (χ0) is 13.8. The van der Waals surface area contributed by atoms with Crippen LogP contribution in [0.2, 0.25) is 5.02 Å². The summed E-state index contributed by atoms with van der Waals surface area (Å²) in [5.74, 6) is -0.205. The van der Waals surface area contributed by atoms with E-state index in [1.54, 1.807) is 24.3 Å². The van der Waals surface area contributed by atoms with Crippen molar-refractivity contribution in [1.82, 2.24) is 5.32 Å². The van der Waals surface area contributed by atoms with Crippen LogP contribution in [0.3, 0.4) is 0 Å². The normalized spacial score (nSPS) is 15.7. The number of carbonyl (C=O) groups excluding carboxylic acids is 2. The number of hydrogen-bond donors (Lipinski definition) is 1. The Bertz CT molecular complexity index is 468. The number of amides is 1. The van der Waals surface area contributed by atoms with E-state index in [1.807, 2.05) is 6.92 Å². The van der Waals surface area contributed by atoms with Crippen molar-refractivity contribution in [2.45, 2.75) is 25.8 Å². The summed E-state index contributed by atoms with van der Waals surface area (Å²) in [5.41, 5.74) is 0.382. The first kappa shape index (κ1) is 13.9. The fourth-order valence-electron chi connectivity index (χ4n) is 1.81. The highest BCUT2D eigenvalue weighted by atomic mass is 35.5. The van der Waals surface area contributed by atoms with Gasteiger partial charge in [0.2, 0.25) is 0 Å². The van der Waals surface area contributed by atoms with Crippen LogP contribution in [-0.4, -0.2) is 24.5 Å². The van der Waals surface area contributed by atoms with E-state index in [4.69, 9.17) is 16.3 Å². The van der Waals surface area contributed by atoms with E-state index in [-0.39, 0.29) is 18.6 Å². The summed E-state index contributed by atoms with van der Waals surface area (Å²) < 4.78 is 4.94. The van der Waals surface area contributed by atoms with Crippen molar-refractivity contribution < 1.29 is 14.3 Å². The molecule has 1 N–H and O–H groups in total. The predicted octanol–water partition coefficient (Wildman–Crippen LogP) is 2.41. The average molecular weight is 282 g/mol. The van der Waals surface area contributed by atoms with E-state index in [0.717, 1.165) is 12.8 Å². The first-order valence-corrected chi connectivity index (χ1v) is 6.66. The highest BCUT2D eigenvalue weighted by Gasteiger charge is 2.28. The van der Waals surface area contributed by atoms with Crippen LogP contribution in [0, 0.1) is 5.92 Å². The number of nitrogens with one attached hydrogen (secondary N) is 1. The zero-order valence-corrected chi connectivity index (χ0v) is 11.4. The maximum Gasteiger partial charge on any atom is 0.338 e. The van der Waals surface area contributed by atoms with E-state index in [1.165, 1.54) is 0 Å². The van der Waals surface area contributed by atoms with Crippen molar-refractivity contribution in [3.63, 3.8) is 0 Å². The molecule has 1 saturated carbocycles. The Labute approximate surface area is 117 Å².